The zero-order valence-electron chi connectivity index (χ0n) is 11.8. The second-order valence-electron chi connectivity index (χ2n) is 5.31. The van der Waals surface area contributed by atoms with E-state index in [2.05, 4.69) is 32.6 Å². The van der Waals surface area contributed by atoms with Crippen molar-refractivity contribution >= 4 is 0 Å². The van der Waals surface area contributed by atoms with Crippen LogP contribution in [0.4, 0.5) is 0 Å². The van der Waals surface area contributed by atoms with Crippen LogP contribution >= 0.6 is 0 Å². The van der Waals surface area contributed by atoms with Gasteiger partial charge in [-0.1, -0.05) is 27.7 Å². The Morgan fingerprint density at radius 2 is 1.62 bits per heavy atom. The molecule has 0 radical (unpaired) electrons. The highest BCUT2D eigenvalue weighted by Crippen LogP contribution is 2.28. The zero-order chi connectivity index (χ0) is 12.0. The number of hydrogen-bond donors (Lipinski definition) is 0. The van der Waals surface area contributed by atoms with Crippen LogP contribution in [0.3, 0.4) is 0 Å². The van der Waals surface area contributed by atoms with E-state index in [4.69, 9.17) is 0 Å². The standard InChI is InChI=1S/C14H31N2/c1-5-9-15-10-13-16(11-6-2,12-7-3)14(15)8-4/h14H,5-13H2,1-4H3/q+1. The van der Waals surface area contributed by atoms with Gasteiger partial charge >= 0.3 is 0 Å². The smallest absolute Gasteiger partial charge is 0.145 e. The number of hydrogen-bond acceptors (Lipinski definition) is 1. The highest BCUT2D eigenvalue weighted by atomic mass is 15.5. The molecule has 96 valence electrons. The van der Waals surface area contributed by atoms with Crippen molar-refractivity contribution in [3.05, 3.63) is 0 Å². The van der Waals surface area contributed by atoms with Gasteiger partial charge in [0.05, 0.1) is 26.2 Å². The second kappa shape index (κ2) is 6.61. The summed E-state index contributed by atoms with van der Waals surface area (Å²) >= 11 is 0. The van der Waals surface area contributed by atoms with Gasteiger partial charge in [0.15, 0.2) is 0 Å². The molecule has 1 aliphatic rings. The summed E-state index contributed by atoms with van der Waals surface area (Å²) in [6.45, 7) is 16.1. The maximum Gasteiger partial charge on any atom is 0.145 e. The van der Waals surface area contributed by atoms with Gasteiger partial charge < -0.3 is 4.48 Å². The lowest BCUT2D eigenvalue weighted by Gasteiger charge is -2.41. The first-order chi connectivity index (χ1) is 7.74. The summed E-state index contributed by atoms with van der Waals surface area (Å²) in [6.07, 6.45) is 6.08. The first-order valence-corrected chi connectivity index (χ1v) is 7.33. The van der Waals surface area contributed by atoms with Crippen LogP contribution in [0, 0.1) is 0 Å². The third-order valence-electron chi connectivity index (χ3n) is 4.10. The van der Waals surface area contributed by atoms with Crippen LogP contribution in [0.2, 0.25) is 0 Å². The van der Waals surface area contributed by atoms with E-state index in [0.717, 1.165) is 6.17 Å². The Kier molecular flexibility index (Phi) is 5.77. The number of rotatable bonds is 7. The third-order valence-corrected chi connectivity index (χ3v) is 4.10. The molecule has 1 aliphatic heterocycles. The predicted octanol–water partition coefficient (Wildman–Crippen LogP) is 3.08. The highest BCUT2D eigenvalue weighted by molar-refractivity contribution is 4.71. The van der Waals surface area contributed by atoms with Crippen LogP contribution in [0.1, 0.15) is 53.4 Å². The van der Waals surface area contributed by atoms with Crippen molar-refractivity contribution in [1.29, 1.82) is 0 Å². The molecule has 0 N–H and O–H groups in total. The first-order valence-electron chi connectivity index (χ1n) is 7.33. The van der Waals surface area contributed by atoms with Gasteiger partial charge in [-0.05, 0) is 19.3 Å². The largest absolute Gasteiger partial charge is 0.308 e. The van der Waals surface area contributed by atoms with Gasteiger partial charge in [-0.15, -0.1) is 0 Å². The molecule has 0 bridgehead atoms. The summed E-state index contributed by atoms with van der Waals surface area (Å²) in [5.41, 5.74) is 0. The van der Waals surface area contributed by atoms with Crippen LogP contribution in [0.15, 0.2) is 0 Å². The first kappa shape index (κ1) is 14.0. The third kappa shape index (κ3) is 2.78. The summed E-state index contributed by atoms with van der Waals surface area (Å²) in [7, 11) is 0. The van der Waals surface area contributed by atoms with Crippen molar-refractivity contribution in [2.75, 3.05) is 32.7 Å². The van der Waals surface area contributed by atoms with E-state index in [0.29, 0.717) is 0 Å². The molecule has 0 aromatic heterocycles. The quantitative estimate of drug-likeness (QED) is 0.604. The Labute approximate surface area is 102 Å². The van der Waals surface area contributed by atoms with Crippen LogP contribution in [-0.2, 0) is 0 Å². The van der Waals surface area contributed by atoms with Gasteiger partial charge in [0, 0.05) is 13.0 Å². The fourth-order valence-electron chi connectivity index (χ4n) is 3.69. The second-order valence-corrected chi connectivity index (χ2v) is 5.31. The Morgan fingerprint density at radius 3 is 2.06 bits per heavy atom. The van der Waals surface area contributed by atoms with Crippen LogP contribution in [0.5, 0.6) is 0 Å². The minimum absolute atomic E-state index is 0.805. The molecular weight excluding hydrogens is 196 g/mol. The van der Waals surface area contributed by atoms with Crippen molar-refractivity contribution in [1.82, 2.24) is 4.90 Å². The van der Waals surface area contributed by atoms with Crippen molar-refractivity contribution in [2.24, 2.45) is 0 Å². The lowest BCUT2D eigenvalue weighted by atomic mass is 10.2. The molecule has 0 aliphatic carbocycles. The molecule has 1 rings (SSSR count). The Balaban J connectivity index is 2.74. The van der Waals surface area contributed by atoms with Gasteiger partial charge in [-0.25, -0.2) is 4.90 Å². The predicted molar refractivity (Wildman–Crippen MR) is 71.4 cm³/mol. The number of quaternary nitrogens is 1. The molecule has 0 saturated carbocycles. The maximum absolute atomic E-state index is 2.74. The summed E-state index contributed by atoms with van der Waals surface area (Å²) in [5.74, 6) is 0. The van der Waals surface area contributed by atoms with Crippen molar-refractivity contribution in [2.45, 2.75) is 59.5 Å². The molecule has 0 aromatic carbocycles. The molecule has 1 atom stereocenters. The van der Waals surface area contributed by atoms with E-state index in [9.17, 15) is 0 Å². The molecule has 0 amide bonds. The summed E-state index contributed by atoms with van der Waals surface area (Å²) in [5, 5.41) is 0. The normalized spacial score (nSPS) is 25.1. The minimum atomic E-state index is 0.805. The van der Waals surface area contributed by atoms with E-state index in [1.54, 1.807) is 0 Å². The lowest BCUT2D eigenvalue weighted by molar-refractivity contribution is -0.945. The summed E-state index contributed by atoms with van der Waals surface area (Å²) in [4.78, 5) is 2.74. The van der Waals surface area contributed by atoms with E-state index < -0.39 is 0 Å². The van der Waals surface area contributed by atoms with E-state index in [-0.39, 0.29) is 0 Å². The minimum Gasteiger partial charge on any atom is -0.308 e. The molecule has 16 heavy (non-hydrogen) atoms. The van der Waals surface area contributed by atoms with E-state index >= 15 is 0 Å². The summed E-state index contributed by atoms with van der Waals surface area (Å²) < 4.78 is 1.38. The molecule has 2 heteroatoms. The van der Waals surface area contributed by atoms with Crippen LogP contribution in [-0.4, -0.2) is 48.3 Å². The fourth-order valence-corrected chi connectivity index (χ4v) is 3.69. The molecule has 0 aromatic rings. The lowest BCUT2D eigenvalue weighted by Crippen LogP contribution is -2.55. The van der Waals surface area contributed by atoms with Crippen molar-refractivity contribution in [3.8, 4) is 0 Å². The maximum atomic E-state index is 2.74. The molecule has 2 nitrogen and oxygen atoms in total. The molecule has 1 unspecified atom stereocenters. The monoisotopic (exact) mass is 227 g/mol. The fraction of sp³-hybridized carbons (Fsp3) is 1.00. The van der Waals surface area contributed by atoms with Crippen molar-refractivity contribution < 1.29 is 4.48 Å². The molecule has 0 spiro atoms. The van der Waals surface area contributed by atoms with Gasteiger partial charge in [-0.3, -0.25) is 0 Å². The van der Waals surface area contributed by atoms with Crippen LogP contribution in [0.25, 0.3) is 0 Å². The Hall–Kier alpha value is -0.0800. The zero-order valence-corrected chi connectivity index (χ0v) is 11.8. The number of nitrogens with zero attached hydrogens (tertiary/aromatic N) is 2. The van der Waals surface area contributed by atoms with Gasteiger partial charge in [0.2, 0.25) is 0 Å². The van der Waals surface area contributed by atoms with E-state index in [1.807, 2.05) is 0 Å². The van der Waals surface area contributed by atoms with E-state index in [1.165, 1.54) is 62.9 Å². The summed E-state index contributed by atoms with van der Waals surface area (Å²) in [6, 6.07) is 0. The molecule has 1 saturated heterocycles. The average Bonchev–Trinajstić information content (AvgIpc) is 2.58. The molecule has 1 fully saturated rings. The topological polar surface area (TPSA) is 3.24 Å². The average molecular weight is 227 g/mol. The molecule has 1 heterocycles. The van der Waals surface area contributed by atoms with Gasteiger partial charge in [0.1, 0.15) is 6.17 Å². The Morgan fingerprint density at radius 1 is 1.00 bits per heavy atom. The Bertz CT molecular complexity index is 185. The SMILES string of the molecule is CCCN1CC[N+](CCC)(CCC)C1CC. The van der Waals surface area contributed by atoms with Gasteiger partial charge in [-0.2, -0.15) is 0 Å². The highest BCUT2D eigenvalue weighted by Gasteiger charge is 2.43. The van der Waals surface area contributed by atoms with Gasteiger partial charge in [0.25, 0.3) is 0 Å². The molecular formula is C14H31N2+. The van der Waals surface area contributed by atoms with Crippen LogP contribution < -0.4 is 0 Å². The van der Waals surface area contributed by atoms with Crippen molar-refractivity contribution in [3.63, 3.8) is 0 Å².